The molecule has 0 saturated heterocycles. The molecule has 3 heteroatoms. The van der Waals surface area contributed by atoms with Crippen LogP contribution in [0.3, 0.4) is 0 Å². The minimum absolute atomic E-state index is 0.590. The van der Waals surface area contributed by atoms with Gasteiger partial charge in [0.1, 0.15) is 5.82 Å². The molecule has 2 N–H and O–H groups in total. The molecule has 0 aromatic carbocycles. The zero-order valence-corrected chi connectivity index (χ0v) is 9.74. The Hall–Kier alpha value is -1.09. The van der Waals surface area contributed by atoms with E-state index < -0.39 is 0 Å². The van der Waals surface area contributed by atoms with Gasteiger partial charge in [0.25, 0.3) is 0 Å². The molecule has 15 heavy (non-hydrogen) atoms. The summed E-state index contributed by atoms with van der Waals surface area (Å²) in [7, 11) is 2.14. The van der Waals surface area contributed by atoms with Crippen LogP contribution >= 0.6 is 0 Å². The van der Waals surface area contributed by atoms with Crippen molar-refractivity contribution in [1.82, 2.24) is 9.88 Å². The van der Waals surface area contributed by atoms with Gasteiger partial charge in [0, 0.05) is 12.7 Å². The van der Waals surface area contributed by atoms with E-state index in [9.17, 15) is 0 Å². The second-order valence-corrected chi connectivity index (χ2v) is 4.04. The van der Waals surface area contributed by atoms with Crippen molar-refractivity contribution in [3.05, 3.63) is 23.9 Å². The van der Waals surface area contributed by atoms with E-state index in [0.717, 1.165) is 13.1 Å². The molecule has 0 saturated carbocycles. The predicted molar refractivity (Wildman–Crippen MR) is 64.5 cm³/mol. The lowest BCUT2D eigenvalue weighted by molar-refractivity contribution is 0.318. The molecule has 3 nitrogen and oxygen atoms in total. The van der Waals surface area contributed by atoms with Gasteiger partial charge in [-0.1, -0.05) is 25.8 Å². The Morgan fingerprint density at radius 1 is 1.33 bits per heavy atom. The van der Waals surface area contributed by atoms with Gasteiger partial charge in [-0.15, -0.1) is 0 Å². The van der Waals surface area contributed by atoms with Crippen molar-refractivity contribution in [2.75, 3.05) is 19.3 Å². The van der Waals surface area contributed by atoms with E-state index in [0.29, 0.717) is 5.82 Å². The van der Waals surface area contributed by atoms with Gasteiger partial charge in [-0.25, -0.2) is 4.98 Å². The fourth-order valence-electron chi connectivity index (χ4n) is 1.55. The first-order valence-corrected chi connectivity index (χ1v) is 5.61. The summed E-state index contributed by atoms with van der Waals surface area (Å²) >= 11 is 0. The Bertz CT molecular complexity index is 269. The van der Waals surface area contributed by atoms with Crippen molar-refractivity contribution >= 4 is 5.82 Å². The van der Waals surface area contributed by atoms with Crippen LogP contribution in [0.4, 0.5) is 5.82 Å². The molecule has 1 heterocycles. The van der Waals surface area contributed by atoms with E-state index in [-0.39, 0.29) is 0 Å². The van der Waals surface area contributed by atoms with Gasteiger partial charge in [0.2, 0.25) is 0 Å². The molecular formula is C12H21N3. The summed E-state index contributed by atoms with van der Waals surface area (Å²) in [5.41, 5.74) is 6.76. The van der Waals surface area contributed by atoms with Crippen molar-refractivity contribution in [2.24, 2.45) is 0 Å². The average molecular weight is 207 g/mol. The minimum atomic E-state index is 0.590. The molecule has 0 aliphatic heterocycles. The third kappa shape index (κ3) is 4.79. The van der Waals surface area contributed by atoms with Crippen LogP contribution < -0.4 is 5.73 Å². The maximum atomic E-state index is 5.53. The Morgan fingerprint density at radius 2 is 2.13 bits per heavy atom. The van der Waals surface area contributed by atoms with E-state index in [1.807, 2.05) is 18.3 Å². The Morgan fingerprint density at radius 3 is 2.73 bits per heavy atom. The van der Waals surface area contributed by atoms with E-state index in [2.05, 4.69) is 23.9 Å². The highest BCUT2D eigenvalue weighted by molar-refractivity contribution is 5.29. The highest BCUT2D eigenvalue weighted by Crippen LogP contribution is 2.05. The van der Waals surface area contributed by atoms with Crippen LogP contribution in [0.2, 0.25) is 0 Å². The first-order valence-electron chi connectivity index (χ1n) is 5.61. The van der Waals surface area contributed by atoms with E-state index in [1.54, 1.807) is 0 Å². The van der Waals surface area contributed by atoms with Gasteiger partial charge in [-0.2, -0.15) is 0 Å². The zero-order valence-electron chi connectivity index (χ0n) is 9.74. The largest absolute Gasteiger partial charge is 0.384 e. The third-order valence-corrected chi connectivity index (χ3v) is 2.44. The zero-order chi connectivity index (χ0) is 11.1. The van der Waals surface area contributed by atoms with Gasteiger partial charge in [0.15, 0.2) is 0 Å². The van der Waals surface area contributed by atoms with Gasteiger partial charge >= 0.3 is 0 Å². The van der Waals surface area contributed by atoms with Crippen LogP contribution in [0.5, 0.6) is 0 Å². The normalized spacial score (nSPS) is 10.9. The number of nitrogen functional groups attached to an aromatic ring is 1. The first-order chi connectivity index (χ1) is 7.22. The summed E-state index contributed by atoms with van der Waals surface area (Å²) in [6.07, 6.45) is 5.71. The van der Waals surface area contributed by atoms with Crippen LogP contribution in [0.25, 0.3) is 0 Å². The van der Waals surface area contributed by atoms with E-state index in [4.69, 9.17) is 5.73 Å². The summed E-state index contributed by atoms with van der Waals surface area (Å²) < 4.78 is 0. The summed E-state index contributed by atoms with van der Waals surface area (Å²) in [6, 6.07) is 3.90. The molecule has 0 aliphatic carbocycles. The molecule has 0 aliphatic rings. The van der Waals surface area contributed by atoms with Crippen molar-refractivity contribution in [2.45, 2.75) is 32.7 Å². The van der Waals surface area contributed by atoms with Gasteiger partial charge in [0.05, 0.1) is 0 Å². The highest BCUT2D eigenvalue weighted by Gasteiger charge is 2.00. The fourth-order valence-corrected chi connectivity index (χ4v) is 1.55. The van der Waals surface area contributed by atoms with Crippen molar-refractivity contribution in [3.63, 3.8) is 0 Å². The number of nitrogens with zero attached hydrogens (tertiary/aromatic N) is 2. The molecule has 0 unspecified atom stereocenters. The van der Waals surface area contributed by atoms with E-state index in [1.165, 1.54) is 24.8 Å². The molecule has 0 atom stereocenters. The monoisotopic (exact) mass is 207 g/mol. The molecule has 0 amide bonds. The number of hydrogen-bond donors (Lipinski definition) is 1. The van der Waals surface area contributed by atoms with Crippen molar-refractivity contribution in [3.8, 4) is 0 Å². The lowest BCUT2D eigenvalue weighted by Gasteiger charge is -2.16. The number of hydrogen-bond acceptors (Lipinski definition) is 3. The summed E-state index contributed by atoms with van der Waals surface area (Å²) in [6.45, 7) is 4.33. The predicted octanol–water partition coefficient (Wildman–Crippen LogP) is 2.29. The number of rotatable bonds is 6. The first kappa shape index (κ1) is 12.0. The van der Waals surface area contributed by atoms with Crippen LogP contribution in [0, 0.1) is 0 Å². The average Bonchev–Trinajstić information content (AvgIpc) is 2.22. The van der Waals surface area contributed by atoms with Crippen LogP contribution in [-0.4, -0.2) is 23.5 Å². The topological polar surface area (TPSA) is 42.1 Å². The SMILES string of the molecule is CCCCCN(C)Cc1ccc(N)nc1. The summed E-state index contributed by atoms with van der Waals surface area (Å²) in [5.74, 6) is 0.590. The Balaban J connectivity index is 2.31. The molecule has 1 rings (SSSR count). The van der Waals surface area contributed by atoms with Crippen molar-refractivity contribution in [1.29, 1.82) is 0 Å². The molecule has 1 aromatic heterocycles. The van der Waals surface area contributed by atoms with Crippen LogP contribution in [0.15, 0.2) is 18.3 Å². The maximum Gasteiger partial charge on any atom is 0.123 e. The molecule has 0 radical (unpaired) electrons. The quantitative estimate of drug-likeness (QED) is 0.728. The highest BCUT2D eigenvalue weighted by atomic mass is 15.1. The fraction of sp³-hybridized carbons (Fsp3) is 0.583. The number of aromatic nitrogens is 1. The summed E-state index contributed by atoms with van der Waals surface area (Å²) in [5, 5.41) is 0. The standard InChI is InChI=1S/C12H21N3/c1-3-4-5-8-15(2)10-11-6-7-12(13)14-9-11/h6-7,9H,3-5,8,10H2,1-2H3,(H2,13,14). The third-order valence-electron chi connectivity index (χ3n) is 2.44. The molecular weight excluding hydrogens is 186 g/mol. The second-order valence-electron chi connectivity index (χ2n) is 4.04. The Labute approximate surface area is 92.3 Å². The lowest BCUT2D eigenvalue weighted by Crippen LogP contribution is -2.19. The second kappa shape index (κ2) is 6.40. The molecule has 84 valence electrons. The van der Waals surface area contributed by atoms with Gasteiger partial charge in [-0.3, -0.25) is 0 Å². The maximum absolute atomic E-state index is 5.53. The van der Waals surface area contributed by atoms with Crippen LogP contribution in [-0.2, 0) is 6.54 Å². The molecule has 0 fully saturated rings. The number of nitrogens with two attached hydrogens (primary N) is 1. The number of pyridine rings is 1. The Kier molecular flexibility index (Phi) is 5.12. The van der Waals surface area contributed by atoms with Crippen molar-refractivity contribution < 1.29 is 0 Å². The number of unbranched alkanes of at least 4 members (excludes halogenated alkanes) is 2. The molecule has 0 spiro atoms. The smallest absolute Gasteiger partial charge is 0.123 e. The summed E-state index contributed by atoms with van der Waals surface area (Å²) in [4.78, 5) is 6.40. The van der Waals surface area contributed by atoms with E-state index >= 15 is 0 Å². The van der Waals surface area contributed by atoms with Gasteiger partial charge in [-0.05, 0) is 31.6 Å². The molecule has 0 bridgehead atoms. The number of anilines is 1. The van der Waals surface area contributed by atoms with Crippen LogP contribution in [0.1, 0.15) is 31.7 Å². The lowest BCUT2D eigenvalue weighted by atomic mass is 10.2. The van der Waals surface area contributed by atoms with Gasteiger partial charge < -0.3 is 10.6 Å². The molecule has 1 aromatic rings. The minimum Gasteiger partial charge on any atom is -0.384 e.